The third-order valence-electron chi connectivity index (χ3n) is 4.39. The molecule has 0 bridgehead atoms. The molecule has 132 valence electrons. The lowest BCUT2D eigenvalue weighted by molar-refractivity contribution is -0.274. The maximum Gasteiger partial charge on any atom is 0.573 e. The van der Waals surface area contributed by atoms with E-state index in [1.807, 2.05) is 31.2 Å². The van der Waals surface area contributed by atoms with Gasteiger partial charge in [-0.1, -0.05) is 48.0 Å². The number of alkyl halides is 3. The summed E-state index contributed by atoms with van der Waals surface area (Å²) in [6.45, 7) is 1.95. The summed E-state index contributed by atoms with van der Waals surface area (Å²) in [4.78, 5) is 12.6. The Kier molecular flexibility index (Phi) is 4.45. The molecule has 0 spiro atoms. The Balaban J connectivity index is 1.71. The van der Waals surface area contributed by atoms with Gasteiger partial charge in [0, 0.05) is 12.1 Å². The number of hydrogen-bond donors (Lipinski definition) is 1. The van der Waals surface area contributed by atoms with Gasteiger partial charge < -0.3 is 10.1 Å². The van der Waals surface area contributed by atoms with E-state index in [4.69, 9.17) is 0 Å². The minimum atomic E-state index is -4.76. The van der Waals surface area contributed by atoms with Crippen LogP contribution in [0.4, 0.5) is 13.2 Å². The van der Waals surface area contributed by atoms with Crippen LogP contribution in [0.5, 0.6) is 5.75 Å². The predicted octanol–water partition coefficient (Wildman–Crippen LogP) is 4.24. The van der Waals surface area contributed by atoms with Crippen molar-refractivity contribution < 1.29 is 22.7 Å². The van der Waals surface area contributed by atoms with Crippen LogP contribution in [0.3, 0.4) is 0 Å². The molecule has 1 fully saturated rings. The van der Waals surface area contributed by atoms with E-state index in [0.717, 1.165) is 24.0 Å². The van der Waals surface area contributed by atoms with Gasteiger partial charge in [-0.05, 0) is 31.4 Å². The normalized spacial score (nSPS) is 15.5. The number of para-hydroxylation sites is 1. The lowest BCUT2D eigenvalue weighted by Gasteiger charge is -2.18. The molecule has 1 amide bonds. The zero-order chi connectivity index (χ0) is 18.1. The largest absolute Gasteiger partial charge is 0.573 e. The average molecular weight is 349 g/mol. The fourth-order valence-electron chi connectivity index (χ4n) is 2.93. The van der Waals surface area contributed by atoms with Crippen LogP contribution in [0.25, 0.3) is 0 Å². The molecule has 1 aliphatic carbocycles. The highest BCUT2D eigenvalue weighted by Crippen LogP contribution is 2.48. The summed E-state index contributed by atoms with van der Waals surface area (Å²) in [7, 11) is 0. The first-order valence-electron chi connectivity index (χ1n) is 7.99. The molecule has 0 radical (unpaired) electrons. The summed E-state index contributed by atoms with van der Waals surface area (Å²) >= 11 is 0. The molecule has 0 unspecified atom stereocenters. The molecular formula is C19H18F3NO2. The first-order chi connectivity index (χ1) is 11.8. The molecule has 25 heavy (non-hydrogen) atoms. The molecule has 0 saturated heterocycles. The molecule has 6 heteroatoms. The molecule has 3 rings (SSSR count). The Labute approximate surface area is 143 Å². The van der Waals surface area contributed by atoms with E-state index in [2.05, 4.69) is 10.1 Å². The van der Waals surface area contributed by atoms with Crippen LogP contribution in [-0.2, 0) is 16.8 Å². The van der Waals surface area contributed by atoms with E-state index in [0.29, 0.717) is 0 Å². The van der Waals surface area contributed by atoms with Crippen LogP contribution >= 0.6 is 0 Å². The zero-order valence-corrected chi connectivity index (χ0v) is 13.7. The molecule has 2 aromatic carbocycles. The van der Waals surface area contributed by atoms with Gasteiger partial charge >= 0.3 is 6.36 Å². The van der Waals surface area contributed by atoms with Gasteiger partial charge in [0.05, 0.1) is 5.41 Å². The molecule has 0 aromatic heterocycles. The Morgan fingerprint density at radius 3 is 2.52 bits per heavy atom. The van der Waals surface area contributed by atoms with Crippen LogP contribution in [0, 0.1) is 6.92 Å². The number of benzene rings is 2. The topological polar surface area (TPSA) is 38.3 Å². The molecule has 2 aromatic rings. The van der Waals surface area contributed by atoms with Crippen molar-refractivity contribution >= 4 is 5.91 Å². The van der Waals surface area contributed by atoms with Crippen LogP contribution in [0.1, 0.15) is 29.5 Å². The highest BCUT2D eigenvalue weighted by molar-refractivity contribution is 5.91. The van der Waals surface area contributed by atoms with Crippen molar-refractivity contribution in [1.82, 2.24) is 5.32 Å². The number of hydrogen-bond acceptors (Lipinski definition) is 2. The van der Waals surface area contributed by atoms with Crippen LogP contribution < -0.4 is 10.1 Å². The van der Waals surface area contributed by atoms with E-state index in [1.54, 1.807) is 6.07 Å². The van der Waals surface area contributed by atoms with E-state index in [-0.39, 0.29) is 23.8 Å². The number of amides is 1. The minimum absolute atomic E-state index is 0.0152. The average Bonchev–Trinajstić information content (AvgIpc) is 3.34. The summed E-state index contributed by atoms with van der Waals surface area (Å²) < 4.78 is 41.4. The van der Waals surface area contributed by atoms with Crippen molar-refractivity contribution in [2.24, 2.45) is 0 Å². The van der Waals surface area contributed by atoms with E-state index in [9.17, 15) is 18.0 Å². The Morgan fingerprint density at radius 2 is 1.88 bits per heavy atom. The van der Waals surface area contributed by atoms with Gasteiger partial charge in [-0.15, -0.1) is 13.2 Å². The Hall–Kier alpha value is -2.50. The quantitative estimate of drug-likeness (QED) is 0.877. The maximum atomic E-state index is 12.6. The molecule has 3 nitrogen and oxygen atoms in total. The first kappa shape index (κ1) is 17.3. The van der Waals surface area contributed by atoms with Crippen molar-refractivity contribution in [3.05, 3.63) is 65.2 Å². The summed E-state index contributed by atoms with van der Waals surface area (Å²) in [6.07, 6.45) is -3.29. The van der Waals surface area contributed by atoms with Gasteiger partial charge in [-0.3, -0.25) is 4.79 Å². The Bertz CT molecular complexity index is 782. The van der Waals surface area contributed by atoms with Gasteiger partial charge in [0.2, 0.25) is 5.91 Å². The first-order valence-corrected chi connectivity index (χ1v) is 7.99. The van der Waals surface area contributed by atoms with Gasteiger partial charge in [0.25, 0.3) is 0 Å². The zero-order valence-electron chi connectivity index (χ0n) is 13.7. The number of aryl methyl sites for hydroxylation is 1. The highest BCUT2D eigenvalue weighted by atomic mass is 19.4. The second-order valence-electron chi connectivity index (χ2n) is 6.29. The van der Waals surface area contributed by atoms with Crippen LogP contribution in [0.15, 0.2) is 48.5 Å². The molecule has 0 atom stereocenters. The highest BCUT2D eigenvalue weighted by Gasteiger charge is 2.51. The van der Waals surface area contributed by atoms with Crippen molar-refractivity contribution in [3.8, 4) is 5.75 Å². The fourth-order valence-corrected chi connectivity index (χ4v) is 2.93. The summed E-state index contributed by atoms with van der Waals surface area (Å²) in [5, 5.41) is 2.76. The summed E-state index contributed by atoms with van der Waals surface area (Å²) in [5.41, 5.74) is 1.74. The van der Waals surface area contributed by atoms with E-state index in [1.165, 1.54) is 18.2 Å². The van der Waals surface area contributed by atoms with Crippen molar-refractivity contribution in [2.45, 2.75) is 38.1 Å². The molecular weight excluding hydrogens is 331 g/mol. The van der Waals surface area contributed by atoms with Gasteiger partial charge in [0.1, 0.15) is 5.75 Å². The lowest BCUT2D eigenvalue weighted by atomic mass is 9.93. The number of carbonyl (C=O) groups is 1. The number of nitrogens with one attached hydrogen (secondary N) is 1. The maximum absolute atomic E-state index is 12.6. The third-order valence-corrected chi connectivity index (χ3v) is 4.39. The van der Waals surface area contributed by atoms with E-state index < -0.39 is 11.8 Å². The number of carbonyl (C=O) groups excluding carboxylic acids is 1. The number of halogens is 3. The monoisotopic (exact) mass is 349 g/mol. The summed E-state index contributed by atoms with van der Waals surface area (Å²) in [6, 6.07) is 13.6. The Morgan fingerprint density at radius 1 is 1.16 bits per heavy atom. The smallest absolute Gasteiger partial charge is 0.405 e. The lowest BCUT2D eigenvalue weighted by Crippen LogP contribution is -2.34. The predicted molar refractivity (Wildman–Crippen MR) is 87.1 cm³/mol. The van der Waals surface area contributed by atoms with Crippen molar-refractivity contribution in [3.63, 3.8) is 0 Å². The molecule has 1 N–H and O–H groups in total. The minimum Gasteiger partial charge on any atom is -0.405 e. The van der Waals surface area contributed by atoms with E-state index >= 15 is 0 Å². The molecule has 0 aliphatic heterocycles. The third kappa shape index (κ3) is 3.95. The van der Waals surface area contributed by atoms with Crippen molar-refractivity contribution in [1.29, 1.82) is 0 Å². The fraction of sp³-hybridized carbons (Fsp3) is 0.316. The SMILES string of the molecule is Cc1cccc(C2(C(=O)NCc3ccccc3OC(F)(F)F)CC2)c1. The van der Waals surface area contributed by atoms with Gasteiger partial charge in [-0.25, -0.2) is 0 Å². The van der Waals surface area contributed by atoms with Crippen molar-refractivity contribution in [2.75, 3.05) is 0 Å². The number of rotatable bonds is 5. The number of ether oxygens (including phenoxy) is 1. The standard InChI is InChI=1S/C19H18F3NO2/c1-13-5-4-7-15(11-13)18(9-10-18)17(24)23-12-14-6-2-3-8-16(14)25-19(20,21)22/h2-8,11H,9-10,12H2,1H3,(H,23,24). The van der Waals surface area contributed by atoms with Crippen LogP contribution in [-0.4, -0.2) is 12.3 Å². The summed E-state index contributed by atoms with van der Waals surface area (Å²) in [5.74, 6) is -0.462. The van der Waals surface area contributed by atoms with Gasteiger partial charge in [-0.2, -0.15) is 0 Å². The molecule has 1 saturated carbocycles. The molecule has 1 aliphatic rings. The second-order valence-corrected chi connectivity index (χ2v) is 6.29. The van der Waals surface area contributed by atoms with Gasteiger partial charge in [0.15, 0.2) is 0 Å². The molecule has 0 heterocycles. The van der Waals surface area contributed by atoms with Crippen LogP contribution in [0.2, 0.25) is 0 Å². The second kappa shape index (κ2) is 6.43.